The van der Waals surface area contributed by atoms with Crippen molar-refractivity contribution in [1.29, 1.82) is 0 Å². The van der Waals surface area contributed by atoms with E-state index < -0.39 is 0 Å². The molecule has 1 aromatic rings. The zero-order valence-electron chi connectivity index (χ0n) is 12.3. The van der Waals surface area contributed by atoms with Gasteiger partial charge in [-0.05, 0) is 39.6 Å². The van der Waals surface area contributed by atoms with Gasteiger partial charge in [-0.1, -0.05) is 6.07 Å². The van der Waals surface area contributed by atoms with Gasteiger partial charge < -0.3 is 10.2 Å². The van der Waals surface area contributed by atoms with Gasteiger partial charge in [0.05, 0.1) is 5.69 Å². The molecule has 1 aliphatic rings. The fraction of sp³-hybridized carbons (Fsp3) is 0.667. The van der Waals surface area contributed by atoms with E-state index in [1.54, 1.807) is 0 Å². The minimum atomic E-state index is 0.538. The van der Waals surface area contributed by atoms with Gasteiger partial charge in [-0.2, -0.15) is 0 Å². The molecule has 4 heteroatoms. The minimum Gasteiger partial charge on any atom is -0.309 e. The Morgan fingerprint density at radius 1 is 1.42 bits per heavy atom. The Kier molecular flexibility index (Phi) is 5.31. The van der Waals surface area contributed by atoms with Gasteiger partial charge in [0.15, 0.2) is 0 Å². The van der Waals surface area contributed by atoms with E-state index in [2.05, 4.69) is 53.3 Å². The third-order valence-electron chi connectivity index (χ3n) is 3.57. The van der Waals surface area contributed by atoms with E-state index in [1.165, 1.54) is 12.1 Å². The summed E-state index contributed by atoms with van der Waals surface area (Å²) in [5, 5.41) is 3.72. The largest absolute Gasteiger partial charge is 0.309 e. The van der Waals surface area contributed by atoms with Crippen LogP contribution < -0.4 is 5.32 Å². The summed E-state index contributed by atoms with van der Waals surface area (Å²) < 4.78 is 0. The van der Waals surface area contributed by atoms with Gasteiger partial charge in [0.1, 0.15) is 0 Å². The van der Waals surface area contributed by atoms with Gasteiger partial charge in [-0.3, -0.25) is 9.88 Å². The maximum Gasteiger partial charge on any atom is 0.0543 e. The molecule has 4 nitrogen and oxygen atoms in total. The summed E-state index contributed by atoms with van der Waals surface area (Å²) >= 11 is 0. The van der Waals surface area contributed by atoms with E-state index in [0.717, 1.165) is 26.2 Å². The molecule has 0 aromatic carbocycles. The Morgan fingerprint density at radius 2 is 2.26 bits per heavy atom. The lowest BCUT2D eigenvalue weighted by atomic mass is 10.2. The molecular formula is C15H26N4. The Hall–Kier alpha value is -0.970. The zero-order valence-corrected chi connectivity index (χ0v) is 12.3. The van der Waals surface area contributed by atoms with Crippen LogP contribution >= 0.6 is 0 Å². The van der Waals surface area contributed by atoms with Crippen LogP contribution in [0.4, 0.5) is 0 Å². The highest BCUT2D eigenvalue weighted by molar-refractivity contribution is 5.03. The van der Waals surface area contributed by atoms with Crippen LogP contribution in [-0.4, -0.2) is 60.6 Å². The second-order valence-electron chi connectivity index (χ2n) is 5.87. The average Bonchev–Trinajstić information content (AvgIpc) is 2.52. The number of hydrogen-bond donors (Lipinski definition) is 1. The van der Waals surface area contributed by atoms with E-state index in [1.807, 2.05) is 12.3 Å². The van der Waals surface area contributed by atoms with Crippen LogP contribution in [0.25, 0.3) is 0 Å². The van der Waals surface area contributed by atoms with Crippen molar-refractivity contribution in [3.05, 3.63) is 30.1 Å². The third-order valence-corrected chi connectivity index (χ3v) is 3.57. The number of aromatic nitrogens is 1. The molecule has 1 aromatic heterocycles. The van der Waals surface area contributed by atoms with E-state index in [0.29, 0.717) is 12.1 Å². The van der Waals surface area contributed by atoms with Crippen molar-refractivity contribution in [1.82, 2.24) is 20.1 Å². The standard InChI is InChI=1S/C15H26N4/c1-13-7-9-19(11-14-6-4-5-8-16-14)12-15(17-13)10-18(2)3/h4-6,8,13,15,17H,7,9-12H2,1-3H3. The quantitative estimate of drug-likeness (QED) is 0.883. The number of nitrogens with one attached hydrogen (secondary N) is 1. The van der Waals surface area contributed by atoms with E-state index in [9.17, 15) is 0 Å². The van der Waals surface area contributed by atoms with Gasteiger partial charge in [0.25, 0.3) is 0 Å². The Balaban J connectivity index is 1.96. The summed E-state index contributed by atoms with van der Waals surface area (Å²) in [6, 6.07) is 7.29. The molecule has 0 radical (unpaired) electrons. The first kappa shape index (κ1) is 14.4. The lowest BCUT2D eigenvalue weighted by Crippen LogP contribution is -2.46. The lowest BCUT2D eigenvalue weighted by molar-refractivity contribution is 0.234. The summed E-state index contributed by atoms with van der Waals surface area (Å²) in [6.45, 7) is 6.57. The first-order valence-electron chi connectivity index (χ1n) is 7.16. The van der Waals surface area contributed by atoms with Crippen molar-refractivity contribution >= 4 is 0 Å². The van der Waals surface area contributed by atoms with Gasteiger partial charge in [-0.25, -0.2) is 0 Å². The first-order chi connectivity index (χ1) is 9.13. The Morgan fingerprint density at radius 3 is 2.95 bits per heavy atom. The summed E-state index contributed by atoms with van der Waals surface area (Å²) in [6.07, 6.45) is 3.09. The number of rotatable bonds is 4. The second kappa shape index (κ2) is 6.98. The predicted octanol–water partition coefficient (Wildman–Crippen LogP) is 1.20. The SMILES string of the molecule is CC1CCN(Cc2ccccn2)CC(CN(C)C)N1. The summed E-state index contributed by atoms with van der Waals surface area (Å²) in [4.78, 5) is 9.22. The van der Waals surface area contributed by atoms with Crippen LogP contribution in [0.15, 0.2) is 24.4 Å². The zero-order chi connectivity index (χ0) is 13.7. The molecule has 0 spiro atoms. The molecule has 0 bridgehead atoms. The van der Waals surface area contributed by atoms with Gasteiger partial charge in [0, 0.05) is 44.5 Å². The minimum absolute atomic E-state index is 0.538. The molecule has 1 N–H and O–H groups in total. The summed E-state index contributed by atoms with van der Waals surface area (Å²) in [5.41, 5.74) is 1.17. The maximum atomic E-state index is 4.44. The van der Waals surface area contributed by atoms with E-state index in [-0.39, 0.29) is 0 Å². The highest BCUT2D eigenvalue weighted by Crippen LogP contribution is 2.09. The predicted molar refractivity (Wildman–Crippen MR) is 79.1 cm³/mol. The van der Waals surface area contributed by atoms with Crippen molar-refractivity contribution in [2.75, 3.05) is 33.7 Å². The van der Waals surface area contributed by atoms with Crippen LogP contribution in [0.1, 0.15) is 19.0 Å². The van der Waals surface area contributed by atoms with Crippen LogP contribution in [0.2, 0.25) is 0 Å². The third kappa shape index (κ3) is 4.90. The number of nitrogens with zero attached hydrogens (tertiary/aromatic N) is 3. The van der Waals surface area contributed by atoms with E-state index in [4.69, 9.17) is 0 Å². The molecule has 1 fully saturated rings. The average molecular weight is 262 g/mol. The maximum absolute atomic E-state index is 4.44. The van der Waals surface area contributed by atoms with Crippen molar-refractivity contribution in [2.45, 2.75) is 32.0 Å². The highest BCUT2D eigenvalue weighted by Gasteiger charge is 2.21. The first-order valence-corrected chi connectivity index (χ1v) is 7.16. The van der Waals surface area contributed by atoms with Gasteiger partial charge >= 0.3 is 0 Å². The van der Waals surface area contributed by atoms with E-state index >= 15 is 0 Å². The summed E-state index contributed by atoms with van der Waals surface area (Å²) in [7, 11) is 4.28. The molecule has 0 amide bonds. The van der Waals surface area contributed by atoms with Crippen molar-refractivity contribution in [3.63, 3.8) is 0 Å². The van der Waals surface area contributed by atoms with Gasteiger partial charge in [0.2, 0.25) is 0 Å². The smallest absolute Gasteiger partial charge is 0.0543 e. The normalized spacial score (nSPS) is 25.5. The molecule has 2 rings (SSSR count). The van der Waals surface area contributed by atoms with Crippen molar-refractivity contribution in [2.24, 2.45) is 0 Å². The molecule has 2 heterocycles. The van der Waals surface area contributed by atoms with Crippen molar-refractivity contribution in [3.8, 4) is 0 Å². The fourth-order valence-electron chi connectivity index (χ4n) is 2.73. The fourth-order valence-corrected chi connectivity index (χ4v) is 2.73. The second-order valence-corrected chi connectivity index (χ2v) is 5.87. The number of likely N-dealkylation sites (N-methyl/N-ethyl adjacent to an activating group) is 1. The highest BCUT2D eigenvalue weighted by atomic mass is 15.2. The Bertz CT molecular complexity index is 366. The number of hydrogen-bond acceptors (Lipinski definition) is 4. The molecule has 1 saturated heterocycles. The van der Waals surface area contributed by atoms with Crippen LogP contribution in [-0.2, 0) is 6.54 Å². The molecule has 1 aliphatic heterocycles. The molecule has 0 aliphatic carbocycles. The topological polar surface area (TPSA) is 31.4 Å². The van der Waals surface area contributed by atoms with Gasteiger partial charge in [-0.15, -0.1) is 0 Å². The van der Waals surface area contributed by atoms with Crippen LogP contribution in [0.3, 0.4) is 0 Å². The van der Waals surface area contributed by atoms with Crippen LogP contribution in [0, 0.1) is 0 Å². The van der Waals surface area contributed by atoms with Crippen molar-refractivity contribution < 1.29 is 0 Å². The molecule has 106 valence electrons. The molecule has 2 unspecified atom stereocenters. The molecule has 0 saturated carbocycles. The summed E-state index contributed by atoms with van der Waals surface area (Å²) in [5.74, 6) is 0. The van der Waals surface area contributed by atoms with Crippen LogP contribution in [0.5, 0.6) is 0 Å². The molecule has 19 heavy (non-hydrogen) atoms. The monoisotopic (exact) mass is 262 g/mol. The number of pyridine rings is 1. The Labute approximate surface area is 116 Å². The lowest BCUT2D eigenvalue weighted by Gasteiger charge is -2.26. The molecule has 2 atom stereocenters. The molecular weight excluding hydrogens is 236 g/mol.